The third kappa shape index (κ3) is 3.97. The zero-order chi connectivity index (χ0) is 18.7. The van der Waals surface area contributed by atoms with E-state index in [0.717, 1.165) is 77.4 Å². The van der Waals surface area contributed by atoms with Crippen LogP contribution in [0.4, 0.5) is 5.82 Å². The number of nitrogens with one attached hydrogen (secondary N) is 1. The lowest BCUT2D eigenvalue weighted by atomic mass is 9.78. The maximum Gasteiger partial charge on any atom is 0.225 e. The van der Waals surface area contributed by atoms with Gasteiger partial charge in [-0.05, 0) is 63.4 Å². The summed E-state index contributed by atoms with van der Waals surface area (Å²) in [7, 11) is 0. The summed E-state index contributed by atoms with van der Waals surface area (Å²) in [4.78, 5) is 21.7. The van der Waals surface area contributed by atoms with Gasteiger partial charge in [0, 0.05) is 25.3 Å². The first-order chi connectivity index (χ1) is 13.2. The van der Waals surface area contributed by atoms with E-state index in [-0.39, 0.29) is 11.5 Å². The van der Waals surface area contributed by atoms with Gasteiger partial charge in [0.2, 0.25) is 5.91 Å². The summed E-state index contributed by atoms with van der Waals surface area (Å²) in [6.45, 7) is 8.70. The van der Waals surface area contributed by atoms with Crippen LogP contribution in [0.5, 0.6) is 0 Å². The van der Waals surface area contributed by atoms with Crippen molar-refractivity contribution in [1.82, 2.24) is 14.8 Å². The van der Waals surface area contributed by atoms with E-state index < -0.39 is 0 Å². The van der Waals surface area contributed by atoms with Crippen molar-refractivity contribution >= 4 is 11.7 Å². The minimum absolute atomic E-state index is 0.0917. The number of pyridine rings is 1. The van der Waals surface area contributed by atoms with E-state index in [4.69, 9.17) is 4.74 Å². The molecule has 1 atom stereocenters. The van der Waals surface area contributed by atoms with Gasteiger partial charge in [-0.15, -0.1) is 0 Å². The molecule has 3 fully saturated rings. The molecular weight excluding hydrogens is 340 g/mol. The average molecular weight is 373 g/mol. The van der Waals surface area contributed by atoms with Crippen molar-refractivity contribution in [1.29, 1.82) is 0 Å². The maximum absolute atomic E-state index is 12.9. The van der Waals surface area contributed by atoms with Crippen LogP contribution in [0.25, 0.3) is 0 Å². The van der Waals surface area contributed by atoms with Gasteiger partial charge in [-0.1, -0.05) is 13.0 Å². The molecule has 3 aliphatic heterocycles. The van der Waals surface area contributed by atoms with Gasteiger partial charge >= 0.3 is 0 Å². The largest absolute Gasteiger partial charge is 0.371 e. The normalized spacial score (nSPS) is 25.5. The van der Waals surface area contributed by atoms with E-state index in [1.54, 1.807) is 0 Å². The number of amides is 1. The molecule has 4 rings (SSSR count). The van der Waals surface area contributed by atoms with Crippen molar-refractivity contribution in [2.75, 3.05) is 51.2 Å². The second kappa shape index (κ2) is 8.15. The topological polar surface area (TPSA) is 57.7 Å². The first-order valence-electron chi connectivity index (χ1n) is 10.5. The Hall–Kier alpha value is -1.66. The van der Waals surface area contributed by atoms with Crippen molar-refractivity contribution < 1.29 is 9.53 Å². The van der Waals surface area contributed by atoms with E-state index in [9.17, 15) is 4.79 Å². The Bertz CT molecular complexity index is 624. The highest BCUT2D eigenvalue weighted by atomic mass is 16.5. The van der Waals surface area contributed by atoms with Crippen LogP contribution < -0.4 is 5.32 Å². The molecule has 1 N–H and O–H groups in total. The van der Waals surface area contributed by atoms with Gasteiger partial charge in [0.05, 0.1) is 13.1 Å². The molecule has 1 aromatic rings. The number of hydrogen-bond donors (Lipinski definition) is 1. The summed E-state index contributed by atoms with van der Waals surface area (Å²) in [6, 6.07) is 5.92. The molecule has 0 saturated carbocycles. The van der Waals surface area contributed by atoms with E-state index in [1.165, 1.54) is 0 Å². The van der Waals surface area contributed by atoms with Crippen LogP contribution >= 0.6 is 0 Å². The van der Waals surface area contributed by atoms with Crippen LogP contribution in [0.1, 0.15) is 32.6 Å². The lowest BCUT2D eigenvalue weighted by Gasteiger charge is -2.51. The Morgan fingerprint density at radius 2 is 2.11 bits per heavy atom. The number of nitrogens with zero attached hydrogens (tertiary/aromatic N) is 3. The third-order valence-corrected chi connectivity index (χ3v) is 6.68. The number of anilines is 1. The quantitative estimate of drug-likeness (QED) is 0.830. The lowest BCUT2D eigenvalue weighted by molar-refractivity contribution is -0.170. The van der Waals surface area contributed by atoms with Crippen LogP contribution in [0, 0.1) is 11.8 Å². The standard InChI is InChI=1S/C21H32N4O2/c1-2-24-12-7-17(8-13-24)20(26)25-15-21(16-25)18(9-14-27-21)6-11-23-19-5-3-4-10-22-19/h3-5,10,17-18H,2,6-9,11-16H2,1H3,(H,22,23). The second-order valence-corrected chi connectivity index (χ2v) is 8.23. The van der Waals surface area contributed by atoms with Gasteiger partial charge in [0.1, 0.15) is 11.4 Å². The van der Waals surface area contributed by atoms with E-state index in [2.05, 4.69) is 27.0 Å². The molecule has 148 valence electrons. The maximum atomic E-state index is 12.9. The average Bonchev–Trinajstić information content (AvgIpc) is 3.11. The monoisotopic (exact) mass is 372 g/mol. The van der Waals surface area contributed by atoms with Crippen LogP contribution in [0.3, 0.4) is 0 Å². The van der Waals surface area contributed by atoms with E-state index >= 15 is 0 Å². The van der Waals surface area contributed by atoms with Gasteiger partial charge in [-0.3, -0.25) is 4.79 Å². The van der Waals surface area contributed by atoms with Gasteiger partial charge in [-0.25, -0.2) is 4.98 Å². The van der Waals surface area contributed by atoms with Crippen molar-refractivity contribution in [3.63, 3.8) is 0 Å². The molecular formula is C21H32N4O2. The molecule has 3 saturated heterocycles. The van der Waals surface area contributed by atoms with Gasteiger partial charge in [0.25, 0.3) is 0 Å². The molecule has 1 spiro atoms. The van der Waals surface area contributed by atoms with Gasteiger partial charge in [0.15, 0.2) is 0 Å². The number of aromatic nitrogens is 1. The molecule has 0 aromatic carbocycles. The fourth-order valence-corrected chi connectivity index (χ4v) is 4.89. The molecule has 1 amide bonds. The Morgan fingerprint density at radius 3 is 2.81 bits per heavy atom. The summed E-state index contributed by atoms with van der Waals surface area (Å²) < 4.78 is 6.15. The number of ether oxygens (including phenoxy) is 1. The third-order valence-electron chi connectivity index (χ3n) is 6.68. The number of rotatable bonds is 6. The molecule has 1 unspecified atom stereocenters. The SMILES string of the molecule is CCN1CCC(C(=O)N2CC3(C2)OCCC3CCNc2ccccn2)CC1. The predicted molar refractivity (Wildman–Crippen MR) is 106 cm³/mol. The van der Waals surface area contributed by atoms with E-state index in [1.807, 2.05) is 24.4 Å². The van der Waals surface area contributed by atoms with Gasteiger partial charge < -0.3 is 19.9 Å². The van der Waals surface area contributed by atoms with Crippen molar-refractivity contribution in [3.8, 4) is 0 Å². The molecule has 27 heavy (non-hydrogen) atoms. The summed E-state index contributed by atoms with van der Waals surface area (Å²) in [5.74, 6) is 2.03. The molecule has 6 heteroatoms. The molecule has 0 aliphatic carbocycles. The Balaban J connectivity index is 1.24. The fourth-order valence-electron chi connectivity index (χ4n) is 4.89. The Labute approximate surface area is 162 Å². The predicted octanol–water partition coefficient (Wildman–Crippen LogP) is 2.23. The summed E-state index contributed by atoms with van der Waals surface area (Å²) in [5, 5.41) is 3.40. The van der Waals surface area contributed by atoms with Crippen LogP contribution in [0.15, 0.2) is 24.4 Å². The second-order valence-electron chi connectivity index (χ2n) is 8.23. The van der Waals surface area contributed by atoms with Crippen molar-refractivity contribution in [2.24, 2.45) is 11.8 Å². The number of piperidine rings is 1. The molecule has 6 nitrogen and oxygen atoms in total. The number of carbonyl (C=O) groups excluding carboxylic acids is 1. The Morgan fingerprint density at radius 1 is 1.30 bits per heavy atom. The van der Waals surface area contributed by atoms with E-state index in [0.29, 0.717) is 11.8 Å². The number of hydrogen-bond acceptors (Lipinski definition) is 5. The van der Waals surface area contributed by atoms with Crippen molar-refractivity contribution in [2.45, 2.75) is 38.2 Å². The highest BCUT2D eigenvalue weighted by molar-refractivity contribution is 5.80. The molecule has 0 bridgehead atoms. The summed E-state index contributed by atoms with van der Waals surface area (Å²) in [5.41, 5.74) is -0.0917. The van der Waals surface area contributed by atoms with Gasteiger partial charge in [-0.2, -0.15) is 0 Å². The zero-order valence-electron chi connectivity index (χ0n) is 16.4. The molecule has 1 aromatic heterocycles. The lowest BCUT2D eigenvalue weighted by Crippen LogP contribution is -2.67. The summed E-state index contributed by atoms with van der Waals surface area (Å²) >= 11 is 0. The molecule has 3 aliphatic rings. The summed E-state index contributed by atoms with van der Waals surface area (Å²) in [6.07, 6.45) is 5.99. The number of carbonyl (C=O) groups is 1. The highest BCUT2D eigenvalue weighted by Crippen LogP contribution is 2.42. The minimum atomic E-state index is -0.0917. The molecule has 4 heterocycles. The Kier molecular flexibility index (Phi) is 5.64. The van der Waals surface area contributed by atoms with Crippen LogP contribution in [-0.2, 0) is 9.53 Å². The zero-order valence-corrected chi connectivity index (χ0v) is 16.4. The smallest absolute Gasteiger partial charge is 0.225 e. The minimum Gasteiger partial charge on any atom is -0.371 e. The van der Waals surface area contributed by atoms with Crippen LogP contribution in [0.2, 0.25) is 0 Å². The molecule has 0 radical (unpaired) electrons. The first kappa shape index (κ1) is 18.7. The fraction of sp³-hybridized carbons (Fsp3) is 0.714. The first-order valence-corrected chi connectivity index (χ1v) is 10.5. The number of likely N-dealkylation sites (tertiary alicyclic amines) is 2. The highest BCUT2D eigenvalue weighted by Gasteiger charge is 2.54. The van der Waals surface area contributed by atoms with Crippen LogP contribution in [-0.4, -0.2) is 72.2 Å². The van der Waals surface area contributed by atoms with Crippen molar-refractivity contribution in [3.05, 3.63) is 24.4 Å².